The number of carbonyl (C=O) groups excluding carboxylic acids is 1. The molecule has 2 aromatic rings. The van der Waals surface area contributed by atoms with Gasteiger partial charge in [0, 0.05) is 0 Å². The van der Waals surface area contributed by atoms with Gasteiger partial charge in [0.25, 0.3) is 0 Å². The minimum absolute atomic E-state index is 0.442. The van der Waals surface area contributed by atoms with Crippen molar-refractivity contribution in [1.82, 2.24) is 0 Å². The predicted molar refractivity (Wildman–Crippen MR) is 70.0 cm³/mol. The smallest absolute Gasteiger partial charge is 0.130 e. The second-order valence-corrected chi connectivity index (χ2v) is 4.56. The third kappa shape index (κ3) is 2.62. The van der Waals surface area contributed by atoms with E-state index >= 15 is 0 Å². The summed E-state index contributed by atoms with van der Waals surface area (Å²) in [6.07, 6.45) is 1.79. The van der Waals surface area contributed by atoms with Crippen LogP contribution in [0.4, 0.5) is 0 Å². The van der Waals surface area contributed by atoms with Crippen molar-refractivity contribution in [2.45, 2.75) is 18.8 Å². The fourth-order valence-corrected chi connectivity index (χ4v) is 2.05. The highest BCUT2D eigenvalue weighted by atomic mass is 16.1. The molecule has 0 bridgehead atoms. The first-order valence-electron chi connectivity index (χ1n) is 5.80. The average Bonchev–Trinajstić information content (AvgIpc) is 2.41. The number of aldehydes is 1. The first kappa shape index (κ1) is 11.6. The summed E-state index contributed by atoms with van der Waals surface area (Å²) in [6, 6.07) is 20.1. The summed E-state index contributed by atoms with van der Waals surface area (Å²) < 4.78 is 0. The van der Waals surface area contributed by atoms with E-state index in [4.69, 9.17) is 0 Å². The van der Waals surface area contributed by atoms with E-state index in [-0.39, 0.29) is 0 Å². The molecule has 0 aromatic heterocycles. The lowest BCUT2D eigenvalue weighted by Crippen LogP contribution is -2.26. The third-order valence-corrected chi connectivity index (χ3v) is 3.11. The summed E-state index contributed by atoms with van der Waals surface area (Å²) in [4.78, 5) is 11.4. The molecular weight excluding hydrogens is 208 g/mol. The Morgan fingerprint density at radius 1 is 0.941 bits per heavy atom. The Hall–Kier alpha value is -1.89. The Morgan fingerprint density at radius 3 is 2.00 bits per heavy atom. The lowest BCUT2D eigenvalue weighted by molar-refractivity contribution is -0.112. The third-order valence-electron chi connectivity index (χ3n) is 3.11. The summed E-state index contributed by atoms with van der Waals surface area (Å²) in [5.41, 5.74) is 1.81. The normalized spacial score (nSPS) is 13.9. The van der Waals surface area contributed by atoms with Crippen molar-refractivity contribution in [2.24, 2.45) is 0 Å². The van der Waals surface area contributed by atoms with Crippen LogP contribution in [0.1, 0.15) is 18.1 Å². The lowest BCUT2D eigenvalue weighted by atomic mass is 9.79. The Labute approximate surface area is 102 Å². The van der Waals surface area contributed by atoms with Crippen LogP contribution in [0.5, 0.6) is 0 Å². The highest BCUT2D eigenvalue weighted by Crippen LogP contribution is 2.25. The van der Waals surface area contributed by atoms with Crippen LogP contribution < -0.4 is 0 Å². The molecule has 0 saturated heterocycles. The minimum Gasteiger partial charge on any atom is -0.302 e. The molecule has 0 aliphatic carbocycles. The van der Waals surface area contributed by atoms with E-state index in [1.807, 2.05) is 55.5 Å². The van der Waals surface area contributed by atoms with Gasteiger partial charge in [0.2, 0.25) is 0 Å². The van der Waals surface area contributed by atoms with E-state index in [1.165, 1.54) is 5.56 Å². The van der Waals surface area contributed by atoms with Gasteiger partial charge in [0.15, 0.2) is 0 Å². The van der Waals surface area contributed by atoms with Crippen LogP contribution in [-0.2, 0) is 16.6 Å². The van der Waals surface area contributed by atoms with Crippen molar-refractivity contribution in [3.8, 4) is 0 Å². The molecule has 0 fully saturated rings. The van der Waals surface area contributed by atoms with Gasteiger partial charge in [-0.05, 0) is 24.5 Å². The monoisotopic (exact) mass is 224 g/mol. The van der Waals surface area contributed by atoms with Crippen LogP contribution in [0.15, 0.2) is 60.7 Å². The zero-order chi connectivity index (χ0) is 12.1. The molecule has 2 rings (SSSR count). The van der Waals surface area contributed by atoms with Crippen LogP contribution in [0.3, 0.4) is 0 Å². The summed E-state index contributed by atoms with van der Waals surface area (Å²) in [5, 5.41) is 0. The molecule has 0 aliphatic heterocycles. The summed E-state index contributed by atoms with van der Waals surface area (Å²) >= 11 is 0. The molecule has 0 saturated carbocycles. The second kappa shape index (κ2) is 4.96. The van der Waals surface area contributed by atoms with Crippen molar-refractivity contribution in [1.29, 1.82) is 0 Å². The molecule has 1 atom stereocenters. The first-order valence-corrected chi connectivity index (χ1v) is 5.80. The fraction of sp³-hybridized carbons (Fsp3) is 0.188. The number of rotatable bonds is 4. The van der Waals surface area contributed by atoms with E-state index < -0.39 is 5.41 Å². The molecule has 1 heteroatoms. The summed E-state index contributed by atoms with van der Waals surface area (Å²) in [7, 11) is 0. The zero-order valence-electron chi connectivity index (χ0n) is 9.97. The molecular formula is C16H16O. The van der Waals surface area contributed by atoms with Gasteiger partial charge in [-0.25, -0.2) is 0 Å². The molecule has 0 amide bonds. The molecule has 2 aromatic carbocycles. The van der Waals surface area contributed by atoms with Gasteiger partial charge < -0.3 is 4.79 Å². The predicted octanol–water partition coefficient (Wildman–Crippen LogP) is 3.39. The van der Waals surface area contributed by atoms with Gasteiger partial charge >= 0.3 is 0 Å². The van der Waals surface area contributed by atoms with Gasteiger partial charge in [0.05, 0.1) is 5.41 Å². The first-order chi connectivity index (χ1) is 8.24. The highest BCUT2D eigenvalue weighted by molar-refractivity contribution is 5.68. The average molecular weight is 224 g/mol. The van der Waals surface area contributed by atoms with Crippen molar-refractivity contribution in [3.05, 3.63) is 71.8 Å². The number of hydrogen-bond acceptors (Lipinski definition) is 1. The van der Waals surface area contributed by atoms with Crippen LogP contribution in [0.2, 0.25) is 0 Å². The van der Waals surface area contributed by atoms with E-state index in [2.05, 4.69) is 12.1 Å². The summed E-state index contributed by atoms with van der Waals surface area (Å²) in [6.45, 7) is 1.99. The number of carbonyl (C=O) groups is 1. The standard InChI is InChI=1S/C16H16O/c1-16(13-17,15-10-6-3-7-11-15)12-14-8-4-2-5-9-14/h2-11,13H,12H2,1H3/t16-/m0/s1. The van der Waals surface area contributed by atoms with Crippen molar-refractivity contribution >= 4 is 6.29 Å². The Bertz CT molecular complexity index is 475. The largest absolute Gasteiger partial charge is 0.302 e. The Balaban J connectivity index is 2.30. The molecule has 0 heterocycles. The van der Waals surface area contributed by atoms with E-state index in [9.17, 15) is 4.79 Å². The van der Waals surface area contributed by atoms with Crippen LogP contribution in [-0.4, -0.2) is 6.29 Å². The maximum Gasteiger partial charge on any atom is 0.130 e. The van der Waals surface area contributed by atoms with Crippen molar-refractivity contribution in [2.75, 3.05) is 0 Å². The SMILES string of the molecule is C[C@@](C=O)(Cc1ccccc1)c1ccccc1. The van der Waals surface area contributed by atoms with E-state index in [1.54, 1.807) is 0 Å². The molecule has 17 heavy (non-hydrogen) atoms. The van der Waals surface area contributed by atoms with Gasteiger partial charge in [-0.15, -0.1) is 0 Å². The van der Waals surface area contributed by atoms with Crippen molar-refractivity contribution in [3.63, 3.8) is 0 Å². The minimum atomic E-state index is -0.442. The number of hydrogen-bond donors (Lipinski definition) is 0. The fourth-order valence-electron chi connectivity index (χ4n) is 2.05. The zero-order valence-corrected chi connectivity index (χ0v) is 9.97. The second-order valence-electron chi connectivity index (χ2n) is 4.56. The topological polar surface area (TPSA) is 17.1 Å². The summed E-state index contributed by atoms with van der Waals surface area (Å²) in [5.74, 6) is 0. The van der Waals surface area contributed by atoms with E-state index in [0.29, 0.717) is 0 Å². The number of benzene rings is 2. The molecule has 0 spiro atoms. The van der Waals surface area contributed by atoms with Gasteiger partial charge in [0.1, 0.15) is 6.29 Å². The van der Waals surface area contributed by atoms with Gasteiger partial charge in [-0.1, -0.05) is 60.7 Å². The molecule has 0 N–H and O–H groups in total. The molecule has 1 nitrogen and oxygen atoms in total. The van der Waals surface area contributed by atoms with E-state index in [0.717, 1.165) is 18.3 Å². The van der Waals surface area contributed by atoms with Gasteiger partial charge in [-0.2, -0.15) is 0 Å². The molecule has 0 radical (unpaired) electrons. The maximum atomic E-state index is 11.4. The molecule has 0 unspecified atom stereocenters. The van der Waals surface area contributed by atoms with Crippen LogP contribution >= 0.6 is 0 Å². The maximum absolute atomic E-state index is 11.4. The Kier molecular flexibility index (Phi) is 3.38. The van der Waals surface area contributed by atoms with Crippen LogP contribution in [0.25, 0.3) is 0 Å². The molecule has 0 aliphatic rings. The van der Waals surface area contributed by atoms with Crippen molar-refractivity contribution < 1.29 is 4.79 Å². The quantitative estimate of drug-likeness (QED) is 0.727. The van der Waals surface area contributed by atoms with Crippen LogP contribution in [0, 0.1) is 0 Å². The lowest BCUT2D eigenvalue weighted by Gasteiger charge is -2.23. The Morgan fingerprint density at radius 2 is 1.47 bits per heavy atom. The van der Waals surface area contributed by atoms with Gasteiger partial charge in [-0.3, -0.25) is 0 Å². The molecule has 86 valence electrons. The highest BCUT2D eigenvalue weighted by Gasteiger charge is 2.25.